The van der Waals surface area contributed by atoms with Crippen LogP contribution in [-0.2, 0) is 28.0 Å². The summed E-state index contributed by atoms with van der Waals surface area (Å²) in [6, 6.07) is -0.837. The first-order chi connectivity index (χ1) is 13.4. The monoisotopic (exact) mass is 441 g/mol. The lowest BCUT2D eigenvalue weighted by molar-refractivity contribution is -0.0760. The lowest BCUT2D eigenvalue weighted by Crippen LogP contribution is -2.45. The van der Waals surface area contributed by atoms with Crippen molar-refractivity contribution in [3.05, 3.63) is 0 Å². The molecule has 2 fully saturated rings. The summed E-state index contributed by atoms with van der Waals surface area (Å²) in [5.41, 5.74) is 0. The van der Waals surface area contributed by atoms with Crippen LogP contribution >= 0.6 is 7.75 Å². The third-order valence-corrected chi connectivity index (χ3v) is 6.08. The molecule has 0 aromatic rings. The van der Waals surface area contributed by atoms with Crippen LogP contribution in [0.15, 0.2) is 0 Å². The van der Waals surface area contributed by atoms with Gasteiger partial charge in [0.1, 0.15) is 18.3 Å². The van der Waals surface area contributed by atoms with Gasteiger partial charge in [-0.05, 0) is 41.5 Å². The zero-order valence-electron chi connectivity index (χ0n) is 17.9. The zero-order valence-corrected chi connectivity index (χ0v) is 18.8. The second kappa shape index (κ2) is 10.5. The highest BCUT2D eigenvalue weighted by Gasteiger charge is 2.47. The summed E-state index contributed by atoms with van der Waals surface area (Å²) in [6.07, 6.45) is -5.04. The molecule has 4 N–H and O–H groups in total. The van der Waals surface area contributed by atoms with Crippen molar-refractivity contribution in [2.75, 3.05) is 13.2 Å². The van der Waals surface area contributed by atoms with Gasteiger partial charge in [0.15, 0.2) is 0 Å². The Hall–Kier alpha value is -0.130. The number of ether oxygens (including phenoxy) is 4. The van der Waals surface area contributed by atoms with Gasteiger partial charge in [0.2, 0.25) is 0 Å². The van der Waals surface area contributed by atoms with Crippen LogP contribution in [0.2, 0.25) is 0 Å². The molecule has 2 saturated heterocycles. The molecule has 2 heterocycles. The molecular formula is C18H36NO9P. The molecule has 2 aliphatic heterocycles. The molecule has 0 bridgehead atoms. The Bertz CT molecular complexity index is 563. The van der Waals surface area contributed by atoms with E-state index in [1.807, 2.05) is 27.7 Å². The van der Waals surface area contributed by atoms with Crippen molar-refractivity contribution in [1.29, 1.82) is 0 Å². The number of aliphatic hydroxyl groups is 2. The first-order valence-corrected chi connectivity index (χ1v) is 11.7. The molecule has 9 atom stereocenters. The van der Waals surface area contributed by atoms with Crippen molar-refractivity contribution in [2.45, 2.75) is 103 Å². The molecule has 29 heavy (non-hydrogen) atoms. The first-order valence-electron chi connectivity index (χ1n) is 10.1. The van der Waals surface area contributed by atoms with Gasteiger partial charge in [-0.25, -0.2) is 9.65 Å². The Morgan fingerprint density at radius 1 is 0.966 bits per heavy atom. The number of rotatable bonds is 10. The second-order valence-electron chi connectivity index (χ2n) is 8.24. The van der Waals surface area contributed by atoms with Crippen LogP contribution in [-0.4, -0.2) is 89.3 Å². The van der Waals surface area contributed by atoms with Gasteiger partial charge < -0.3 is 34.1 Å². The Labute approximate surface area is 172 Å². The molecule has 2 aliphatic rings. The van der Waals surface area contributed by atoms with Crippen LogP contribution in [0, 0.1) is 0 Å². The van der Waals surface area contributed by atoms with Crippen LogP contribution in [0.5, 0.6) is 0 Å². The predicted molar refractivity (Wildman–Crippen MR) is 104 cm³/mol. The first kappa shape index (κ1) is 25.1. The lowest BCUT2D eigenvalue weighted by atomic mass is 10.1. The van der Waals surface area contributed by atoms with Gasteiger partial charge in [-0.3, -0.25) is 4.52 Å². The largest absolute Gasteiger partial charge is 0.403 e. The van der Waals surface area contributed by atoms with Gasteiger partial charge in [0, 0.05) is 0 Å². The molecule has 0 saturated carbocycles. The maximum Gasteiger partial charge on any atom is 0.403 e. The Balaban J connectivity index is 1.96. The van der Waals surface area contributed by atoms with E-state index in [1.54, 1.807) is 13.8 Å². The Kier molecular flexibility index (Phi) is 9.06. The van der Waals surface area contributed by atoms with Crippen molar-refractivity contribution in [3.63, 3.8) is 0 Å². The minimum atomic E-state index is -4.31. The maximum atomic E-state index is 12.6. The van der Waals surface area contributed by atoms with Gasteiger partial charge >= 0.3 is 7.75 Å². The van der Waals surface area contributed by atoms with Crippen LogP contribution in [0.1, 0.15) is 41.5 Å². The Morgan fingerprint density at radius 3 is 2.14 bits per heavy atom. The van der Waals surface area contributed by atoms with Gasteiger partial charge in [0.05, 0.1) is 55.9 Å². The number of nitrogens with one attached hydrogen (secondary N) is 1. The molecule has 0 spiro atoms. The van der Waals surface area contributed by atoms with Gasteiger partial charge in [-0.15, -0.1) is 0 Å². The maximum absolute atomic E-state index is 12.6. The third kappa shape index (κ3) is 6.93. The molecule has 0 amide bonds. The summed E-state index contributed by atoms with van der Waals surface area (Å²) in [7, 11) is -4.31. The number of aliphatic hydroxyl groups excluding tert-OH is 2. The fraction of sp³-hybridized carbons (Fsp3) is 1.00. The third-order valence-electron chi connectivity index (χ3n) is 4.96. The van der Waals surface area contributed by atoms with E-state index in [-0.39, 0.29) is 25.4 Å². The van der Waals surface area contributed by atoms with Crippen molar-refractivity contribution >= 4 is 7.75 Å². The standard InChI is InChI=1S/C18H36NO9P/c1-9(2)24-7-13-15(16(20)11(5)27-13)19-29(22,23)25-8-14-18(26-10(3)4)17(21)12(6)28-14/h9-18,20-21H,7-8H2,1-6H3,(H2,19,22,23)/t11-,12-,13+,14+,15?,16+,17-,18?/m0/s1. The number of hydrogen-bond acceptors (Lipinski definition) is 8. The highest BCUT2D eigenvalue weighted by Crippen LogP contribution is 2.41. The molecule has 172 valence electrons. The van der Waals surface area contributed by atoms with E-state index in [0.29, 0.717) is 0 Å². The van der Waals surface area contributed by atoms with Crippen molar-refractivity contribution in [3.8, 4) is 0 Å². The van der Waals surface area contributed by atoms with Gasteiger partial charge in [0.25, 0.3) is 0 Å². The SMILES string of the molecule is CC(C)OC[C@H]1O[C@@H](C)[C@@H](O)C1NP(=O)(O)OC[C@H]1O[C@@H](C)[C@H](O)C1OC(C)C. The minimum absolute atomic E-state index is 0.0460. The smallest absolute Gasteiger partial charge is 0.389 e. The second-order valence-corrected chi connectivity index (χ2v) is 9.80. The lowest BCUT2D eigenvalue weighted by Gasteiger charge is -2.27. The summed E-state index contributed by atoms with van der Waals surface area (Å²) in [5, 5.41) is 23.0. The van der Waals surface area contributed by atoms with Gasteiger partial charge in [-0.1, -0.05) is 0 Å². The van der Waals surface area contributed by atoms with E-state index >= 15 is 0 Å². The number of hydrogen-bond donors (Lipinski definition) is 4. The molecule has 0 aliphatic carbocycles. The normalized spacial score (nSPS) is 40.1. The van der Waals surface area contributed by atoms with E-state index < -0.39 is 56.5 Å². The topological polar surface area (TPSA) is 136 Å². The fourth-order valence-electron chi connectivity index (χ4n) is 3.48. The highest BCUT2D eigenvalue weighted by atomic mass is 31.2. The fourth-order valence-corrected chi connectivity index (χ4v) is 4.60. The summed E-state index contributed by atoms with van der Waals surface area (Å²) in [5.74, 6) is 0. The van der Waals surface area contributed by atoms with Crippen LogP contribution in [0.3, 0.4) is 0 Å². The van der Waals surface area contributed by atoms with Crippen molar-refractivity contribution in [2.24, 2.45) is 0 Å². The molecular weight excluding hydrogens is 405 g/mol. The van der Waals surface area contributed by atoms with Gasteiger partial charge in [-0.2, -0.15) is 0 Å². The predicted octanol–water partition coefficient (Wildman–Crippen LogP) is 0.577. The van der Waals surface area contributed by atoms with Crippen molar-refractivity contribution in [1.82, 2.24) is 5.09 Å². The van der Waals surface area contributed by atoms with E-state index in [0.717, 1.165) is 0 Å². The molecule has 11 heteroatoms. The summed E-state index contributed by atoms with van der Waals surface area (Å²) < 4.78 is 40.3. The minimum Gasteiger partial charge on any atom is -0.389 e. The quantitative estimate of drug-likeness (QED) is 0.356. The average molecular weight is 441 g/mol. The highest BCUT2D eigenvalue weighted by molar-refractivity contribution is 7.50. The average Bonchev–Trinajstić information content (AvgIpc) is 3.02. The Morgan fingerprint density at radius 2 is 1.55 bits per heavy atom. The van der Waals surface area contributed by atoms with E-state index in [4.69, 9.17) is 23.5 Å². The van der Waals surface area contributed by atoms with Crippen LogP contribution in [0.4, 0.5) is 0 Å². The summed E-state index contributed by atoms with van der Waals surface area (Å²) >= 11 is 0. The molecule has 0 radical (unpaired) electrons. The molecule has 2 rings (SSSR count). The molecule has 0 aromatic heterocycles. The zero-order chi connectivity index (χ0) is 21.9. The molecule has 10 nitrogen and oxygen atoms in total. The van der Waals surface area contributed by atoms with Crippen LogP contribution in [0.25, 0.3) is 0 Å². The summed E-state index contributed by atoms with van der Waals surface area (Å²) in [4.78, 5) is 10.3. The molecule has 0 aromatic carbocycles. The van der Waals surface area contributed by atoms with Crippen LogP contribution < -0.4 is 5.09 Å². The molecule has 3 unspecified atom stereocenters. The van der Waals surface area contributed by atoms with Crippen molar-refractivity contribution < 1.29 is 43.1 Å². The summed E-state index contributed by atoms with van der Waals surface area (Å²) in [6.45, 7) is 10.7. The van der Waals surface area contributed by atoms with E-state index in [1.165, 1.54) is 0 Å². The van der Waals surface area contributed by atoms with E-state index in [2.05, 4.69) is 5.09 Å². The van der Waals surface area contributed by atoms with E-state index in [9.17, 15) is 19.7 Å².